The lowest BCUT2D eigenvalue weighted by Crippen LogP contribution is -2.08. The second kappa shape index (κ2) is 5.36. The number of benzene rings is 1. The molecule has 0 aliphatic carbocycles. The first-order valence-corrected chi connectivity index (χ1v) is 6.45. The van der Waals surface area contributed by atoms with E-state index in [4.69, 9.17) is 4.74 Å². The number of ether oxygens (including phenoxy) is 1. The second-order valence-corrected chi connectivity index (χ2v) is 4.60. The Labute approximate surface area is 117 Å². The third-order valence-electron chi connectivity index (χ3n) is 3.53. The van der Waals surface area contributed by atoms with E-state index in [1.807, 2.05) is 32.9 Å². The molecule has 0 spiro atoms. The van der Waals surface area contributed by atoms with Gasteiger partial charge in [-0.25, -0.2) is 4.79 Å². The minimum atomic E-state index is -0.964. The summed E-state index contributed by atoms with van der Waals surface area (Å²) in [7, 11) is 1.63. The van der Waals surface area contributed by atoms with Gasteiger partial charge >= 0.3 is 5.97 Å². The number of methoxy groups -OCH3 is 1. The Morgan fingerprint density at radius 3 is 2.55 bits per heavy atom. The number of aromatic nitrogens is 2. The fraction of sp³-hybridized carbons (Fsp3) is 0.333. The van der Waals surface area contributed by atoms with Crippen LogP contribution in [0.3, 0.4) is 0 Å². The number of nitrogens with zero attached hydrogens (tertiary/aromatic N) is 2. The Hall–Kier alpha value is -2.30. The van der Waals surface area contributed by atoms with Gasteiger partial charge in [-0.15, -0.1) is 0 Å². The van der Waals surface area contributed by atoms with E-state index >= 15 is 0 Å². The van der Waals surface area contributed by atoms with Crippen LogP contribution < -0.4 is 4.74 Å². The predicted octanol–water partition coefficient (Wildman–Crippen LogP) is 2.89. The monoisotopic (exact) mass is 274 g/mol. The molecule has 20 heavy (non-hydrogen) atoms. The first-order valence-electron chi connectivity index (χ1n) is 6.45. The molecule has 2 aromatic rings. The molecule has 0 bridgehead atoms. The van der Waals surface area contributed by atoms with Gasteiger partial charge in [-0.05, 0) is 50.1 Å². The lowest BCUT2D eigenvalue weighted by molar-refractivity contribution is 0.0683. The number of aryl methyl sites for hydroxylation is 1. The highest BCUT2D eigenvalue weighted by molar-refractivity contribution is 5.87. The molecule has 0 unspecified atom stereocenters. The zero-order valence-electron chi connectivity index (χ0n) is 12.1. The molecular formula is C15H18N2O3. The summed E-state index contributed by atoms with van der Waals surface area (Å²) in [6, 6.07) is 5.40. The Balaban J connectivity index is 2.57. The van der Waals surface area contributed by atoms with E-state index in [0.29, 0.717) is 12.2 Å². The van der Waals surface area contributed by atoms with Crippen molar-refractivity contribution in [1.29, 1.82) is 0 Å². The molecule has 1 heterocycles. The van der Waals surface area contributed by atoms with E-state index in [9.17, 15) is 9.90 Å². The van der Waals surface area contributed by atoms with Crippen LogP contribution >= 0.6 is 0 Å². The minimum Gasteiger partial charge on any atom is -0.496 e. The third kappa shape index (κ3) is 2.27. The van der Waals surface area contributed by atoms with Gasteiger partial charge in [-0.3, -0.25) is 4.68 Å². The Morgan fingerprint density at radius 2 is 2.05 bits per heavy atom. The maximum atomic E-state index is 11.2. The molecular weight excluding hydrogens is 256 g/mol. The lowest BCUT2D eigenvalue weighted by atomic mass is 10.00. The van der Waals surface area contributed by atoms with Gasteiger partial charge in [0.05, 0.1) is 12.8 Å². The number of hydrogen-bond acceptors (Lipinski definition) is 3. The largest absolute Gasteiger partial charge is 0.496 e. The molecule has 0 saturated carbocycles. The normalized spacial score (nSPS) is 10.6. The van der Waals surface area contributed by atoms with Crippen molar-refractivity contribution < 1.29 is 14.6 Å². The van der Waals surface area contributed by atoms with Crippen molar-refractivity contribution in [2.45, 2.75) is 27.3 Å². The van der Waals surface area contributed by atoms with Crippen molar-refractivity contribution in [3.63, 3.8) is 0 Å². The number of hydrogen-bond donors (Lipinski definition) is 1. The smallest absolute Gasteiger partial charge is 0.354 e. The van der Waals surface area contributed by atoms with Crippen LogP contribution in [-0.4, -0.2) is 28.0 Å². The molecule has 5 heteroatoms. The summed E-state index contributed by atoms with van der Waals surface area (Å²) in [6.07, 6.45) is 0. The van der Waals surface area contributed by atoms with Gasteiger partial charge in [0.2, 0.25) is 0 Å². The maximum Gasteiger partial charge on any atom is 0.354 e. The average Bonchev–Trinajstić information content (AvgIpc) is 2.86. The maximum absolute atomic E-state index is 11.2. The fourth-order valence-corrected chi connectivity index (χ4v) is 2.26. The summed E-state index contributed by atoms with van der Waals surface area (Å²) in [5.41, 5.74) is 3.89. The first kappa shape index (κ1) is 14.1. The van der Waals surface area contributed by atoms with E-state index in [2.05, 4.69) is 5.10 Å². The molecule has 0 atom stereocenters. The van der Waals surface area contributed by atoms with Gasteiger partial charge < -0.3 is 9.84 Å². The molecule has 0 amide bonds. The van der Waals surface area contributed by atoms with Crippen molar-refractivity contribution in [3.8, 4) is 17.0 Å². The zero-order chi connectivity index (χ0) is 14.9. The summed E-state index contributed by atoms with van der Waals surface area (Å²) in [5.74, 6) is -0.145. The van der Waals surface area contributed by atoms with Crippen molar-refractivity contribution in [2.75, 3.05) is 7.11 Å². The van der Waals surface area contributed by atoms with Gasteiger partial charge in [0.15, 0.2) is 0 Å². The number of carbonyl (C=O) groups is 1. The standard InChI is InChI=1S/C15H18N2O3/c1-5-17-13(15(18)19)8-12(16-17)11-6-7-14(20-4)10(3)9(11)2/h6-8H,5H2,1-4H3,(H,18,19). The van der Waals surface area contributed by atoms with E-state index in [0.717, 1.165) is 22.4 Å². The van der Waals surface area contributed by atoms with Crippen LogP contribution in [0.15, 0.2) is 18.2 Å². The summed E-state index contributed by atoms with van der Waals surface area (Å²) in [6.45, 7) is 6.36. The van der Waals surface area contributed by atoms with Crippen molar-refractivity contribution in [2.24, 2.45) is 0 Å². The van der Waals surface area contributed by atoms with Crippen LogP contribution in [-0.2, 0) is 6.54 Å². The number of carboxylic acid groups (broad SMARTS) is 1. The summed E-state index contributed by atoms with van der Waals surface area (Å²) in [5, 5.41) is 13.6. The average molecular weight is 274 g/mol. The third-order valence-corrected chi connectivity index (χ3v) is 3.53. The molecule has 2 rings (SSSR count). The molecule has 1 aromatic carbocycles. The zero-order valence-corrected chi connectivity index (χ0v) is 12.1. The van der Waals surface area contributed by atoms with Crippen LogP contribution in [0.1, 0.15) is 28.5 Å². The van der Waals surface area contributed by atoms with Crippen LogP contribution in [0.4, 0.5) is 0 Å². The predicted molar refractivity (Wildman–Crippen MR) is 76.3 cm³/mol. The molecule has 0 aliphatic rings. The summed E-state index contributed by atoms with van der Waals surface area (Å²) in [4.78, 5) is 11.2. The highest BCUT2D eigenvalue weighted by Crippen LogP contribution is 2.30. The Morgan fingerprint density at radius 1 is 1.35 bits per heavy atom. The molecule has 0 aliphatic heterocycles. The van der Waals surface area contributed by atoms with Crippen molar-refractivity contribution >= 4 is 5.97 Å². The highest BCUT2D eigenvalue weighted by Gasteiger charge is 2.16. The minimum absolute atomic E-state index is 0.204. The van der Waals surface area contributed by atoms with Crippen LogP contribution in [0, 0.1) is 13.8 Å². The Kier molecular flexibility index (Phi) is 3.79. The fourth-order valence-electron chi connectivity index (χ4n) is 2.26. The number of aromatic carboxylic acids is 1. The highest BCUT2D eigenvalue weighted by atomic mass is 16.5. The van der Waals surface area contributed by atoms with Gasteiger partial charge in [0.1, 0.15) is 11.4 Å². The Bertz CT molecular complexity index is 659. The molecule has 0 saturated heterocycles. The molecule has 5 nitrogen and oxygen atoms in total. The topological polar surface area (TPSA) is 64.4 Å². The van der Waals surface area contributed by atoms with Gasteiger partial charge in [-0.2, -0.15) is 5.10 Å². The van der Waals surface area contributed by atoms with Crippen molar-refractivity contribution in [3.05, 3.63) is 35.0 Å². The first-order chi connectivity index (χ1) is 9.49. The van der Waals surface area contributed by atoms with Gasteiger partial charge in [0, 0.05) is 12.1 Å². The summed E-state index contributed by atoms with van der Waals surface area (Å²) >= 11 is 0. The number of carboxylic acids is 1. The second-order valence-electron chi connectivity index (χ2n) is 4.60. The quantitative estimate of drug-likeness (QED) is 0.931. The van der Waals surface area contributed by atoms with E-state index in [-0.39, 0.29) is 5.69 Å². The van der Waals surface area contributed by atoms with E-state index in [1.165, 1.54) is 4.68 Å². The van der Waals surface area contributed by atoms with Gasteiger partial charge in [-0.1, -0.05) is 0 Å². The lowest BCUT2D eigenvalue weighted by Gasteiger charge is -2.10. The molecule has 0 fully saturated rings. The van der Waals surface area contributed by atoms with E-state index < -0.39 is 5.97 Å². The SMILES string of the molecule is CCn1nc(-c2ccc(OC)c(C)c2C)cc1C(=O)O. The molecule has 106 valence electrons. The molecule has 1 N–H and O–H groups in total. The van der Waals surface area contributed by atoms with Crippen LogP contribution in [0.2, 0.25) is 0 Å². The molecule has 0 radical (unpaired) electrons. The van der Waals surface area contributed by atoms with Gasteiger partial charge in [0.25, 0.3) is 0 Å². The summed E-state index contributed by atoms with van der Waals surface area (Å²) < 4.78 is 6.78. The van der Waals surface area contributed by atoms with Crippen molar-refractivity contribution in [1.82, 2.24) is 9.78 Å². The van der Waals surface area contributed by atoms with Crippen LogP contribution in [0.25, 0.3) is 11.3 Å². The van der Waals surface area contributed by atoms with Crippen LogP contribution in [0.5, 0.6) is 5.75 Å². The molecule has 1 aromatic heterocycles. The number of rotatable bonds is 4. The van der Waals surface area contributed by atoms with E-state index in [1.54, 1.807) is 13.2 Å².